The number of hydrogen-bond donors (Lipinski definition) is 1. The molecule has 1 amide bonds. The van der Waals surface area contributed by atoms with E-state index < -0.39 is 0 Å². The predicted octanol–water partition coefficient (Wildman–Crippen LogP) is 5.34. The van der Waals surface area contributed by atoms with Crippen LogP contribution in [0.1, 0.15) is 10.4 Å². The molecule has 0 heterocycles. The van der Waals surface area contributed by atoms with Crippen molar-refractivity contribution < 1.29 is 9.53 Å². The summed E-state index contributed by atoms with van der Waals surface area (Å²) in [6.07, 6.45) is 3.00. The second-order valence-electron chi connectivity index (χ2n) is 5.65. The highest BCUT2D eigenvalue weighted by Crippen LogP contribution is 2.24. The molecule has 27 heavy (non-hydrogen) atoms. The number of nitrogens with one attached hydrogen (secondary N) is 1. The molecule has 4 nitrogen and oxygen atoms in total. The summed E-state index contributed by atoms with van der Waals surface area (Å²) in [6, 6.07) is 20.5. The van der Waals surface area contributed by atoms with E-state index in [0.29, 0.717) is 11.3 Å². The van der Waals surface area contributed by atoms with Gasteiger partial charge in [-0.1, -0.05) is 49.6 Å². The van der Waals surface area contributed by atoms with Gasteiger partial charge in [0.15, 0.2) is 0 Å². The van der Waals surface area contributed by atoms with Crippen molar-refractivity contribution in [2.75, 3.05) is 5.32 Å². The van der Waals surface area contributed by atoms with Gasteiger partial charge in [0, 0.05) is 29.0 Å². The van der Waals surface area contributed by atoms with E-state index in [-0.39, 0.29) is 11.1 Å². The van der Waals surface area contributed by atoms with Gasteiger partial charge in [0.05, 0.1) is 0 Å². The molecule has 0 saturated heterocycles. The molecule has 134 valence electrons. The first kappa shape index (κ1) is 18.4. The molecule has 1 N–H and O–H groups in total. The largest absolute Gasteiger partial charge is 0.431 e. The lowest BCUT2D eigenvalue weighted by atomic mass is 10.1. The Morgan fingerprint density at radius 1 is 0.963 bits per heavy atom. The number of carbonyl (C=O) groups excluding carboxylic acids is 1. The molecule has 0 aromatic heterocycles. The highest BCUT2D eigenvalue weighted by atomic mass is 32.1. The third kappa shape index (κ3) is 4.22. The molecule has 0 spiro atoms. The average molecular weight is 374 g/mol. The van der Waals surface area contributed by atoms with E-state index in [9.17, 15) is 4.79 Å². The number of fused-ring (bicyclic) bond motifs is 1. The van der Waals surface area contributed by atoms with Gasteiger partial charge in [-0.3, -0.25) is 9.69 Å². The van der Waals surface area contributed by atoms with Crippen LogP contribution in [0.5, 0.6) is 5.75 Å². The van der Waals surface area contributed by atoms with Crippen molar-refractivity contribution in [3.05, 3.63) is 97.9 Å². The number of ether oxygens (including phenoxy) is 1. The molecule has 3 rings (SSSR count). The van der Waals surface area contributed by atoms with E-state index in [1.807, 2.05) is 42.5 Å². The Morgan fingerprint density at radius 3 is 2.33 bits per heavy atom. The summed E-state index contributed by atoms with van der Waals surface area (Å²) in [4.78, 5) is 14.1. The molecular formula is C22H18N2O2S. The van der Waals surface area contributed by atoms with Crippen LogP contribution < -0.4 is 10.1 Å². The maximum atomic E-state index is 12.6. The van der Waals surface area contributed by atoms with E-state index in [0.717, 1.165) is 16.5 Å². The minimum Gasteiger partial charge on any atom is -0.431 e. The molecule has 0 bridgehead atoms. The molecule has 0 unspecified atom stereocenters. The van der Waals surface area contributed by atoms with Gasteiger partial charge in [0.25, 0.3) is 11.1 Å². The summed E-state index contributed by atoms with van der Waals surface area (Å²) in [6.45, 7) is 7.26. The van der Waals surface area contributed by atoms with Crippen LogP contribution in [0.2, 0.25) is 0 Å². The number of thiocarbonyl (C=S) groups is 1. The Balaban J connectivity index is 1.73. The zero-order chi connectivity index (χ0) is 19.2. The third-order valence-electron chi connectivity index (χ3n) is 3.96. The van der Waals surface area contributed by atoms with Crippen LogP contribution in [-0.4, -0.2) is 16.0 Å². The second kappa shape index (κ2) is 8.29. The minimum atomic E-state index is -0.195. The maximum absolute atomic E-state index is 12.6. The van der Waals surface area contributed by atoms with Crippen LogP contribution in [0.3, 0.4) is 0 Å². The smallest absolute Gasteiger partial charge is 0.273 e. The van der Waals surface area contributed by atoms with Gasteiger partial charge >= 0.3 is 0 Å². The quantitative estimate of drug-likeness (QED) is 0.612. The Morgan fingerprint density at radius 2 is 1.63 bits per heavy atom. The molecule has 5 heteroatoms. The predicted molar refractivity (Wildman–Crippen MR) is 114 cm³/mol. The lowest BCUT2D eigenvalue weighted by Crippen LogP contribution is -2.22. The van der Waals surface area contributed by atoms with Crippen molar-refractivity contribution in [1.82, 2.24) is 4.90 Å². The van der Waals surface area contributed by atoms with Crippen LogP contribution in [0.4, 0.5) is 5.69 Å². The van der Waals surface area contributed by atoms with Crippen LogP contribution in [-0.2, 0) is 0 Å². The molecule has 0 aliphatic heterocycles. The number of benzene rings is 3. The Hall–Kier alpha value is -3.44. The van der Waals surface area contributed by atoms with E-state index in [2.05, 4.69) is 18.5 Å². The second-order valence-corrected chi connectivity index (χ2v) is 5.99. The highest BCUT2D eigenvalue weighted by Gasteiger charge is 2.10. The summed E-state index contributed by atoms with van der Waals surface area (Å²) >= 11 is 5.15. The van der Waals surface area contributed by atoms with Gasteiger partial charge in [-0.25, -0.2) is 0 Å². The number of amides is 1. The average Bonchev–Trinajstić information content (AvgIpc) is 2.70. The first-order valence-corrected chi connectivity index (χ1v) is 8.67. The van der Waals surface area contributed by atoms with Crippen LogP contribution >= 0.6 is 12.2 Å². The van der Waals surface area contributed by atoms with Crippen molar-refractivity contribution in [3.8, 4) is 5.75 Å². The van der Waals surface area contributed by atoms with Gasteiger partial charge in [0.1, 0.15) is 5.75 Å². The summed E-state index contributed by atoms with van der Waals surface area (Å²) in [7, 11) is 0. The van der Waals surface area contributed by atoms with Crippen molar-refractivity contribution in [2.24, 2.45) is 0 Å². The minimum absolute atomic E-state index is 0.195. The molecule has 0 radical (unpaired) electrons. The fourth-order valence-corrected chi connectivity index (χ4v) is 2.83. The SMILES string of the molecule is C=CN(C=C)C(=S)Oc1ccc(C(=O)Nc2cccc3ccccc23)cc1. The molecule has 3 aromatic rings. The van der Waals surface area contributed by atoms with Crippen molar-refractivity contribution in [1.29, 1.82) is 0 Å². The van der Waals surface area contributed by atoms with E-state index >= 15 is 0 Å². The van der Waals surface area contributed by atoms with Crippen molar-refractivity contribution in [2.45, 2.75) is 0 Å². The summed E-state index contributed by atoms with van der Waals surface area (Å²) in [5.74, 6) is 0.328. The summed E-state index contributed by atoms with van der Waals surface area (Å²) in [5.41, 5.74) is 1.29. The normalized spacial score (nSPS) is 10.1. The topological polar surface area (TPSA) is 41.6 Å². The van der Waals surface area contributed by atoms with E-state index in [1.54, 1.807) is 24.3 Å². The van der Waals surface area contributed by atoms with Crippen molar-refractivity contribution in [3.63, 3.8) is 0 Å². The number of carbonyl (C=O) groups is 1. The molecule has 0 aliphatic rings. The number of hydrogen-bond acceptors (Lipinski definition) is 3. The molecular weight excluding hydrogens is 356 g/mol. The Kier molecular flexibility index (Phi) is 5.64. The fraction of sp³-hybridized carbons (Fsp3) is 0. The lowest BCUT2D eigenvalue weighted by molar-refractivity contribution is 0.102. The number of nitrogens with zero attached hydrogens (tertiary/aromatic N) is 1. The van der Waals surface area contributed by atoms with Gasteiger partial charge < -0.3 is 10.1 Å². The molecule has 3 aromatic carbocycles. The van der Waals surface area contributed by atoms with Crippen LogP contribution in [0.15, 0.2) is 92.3 Å². The highest BCUT2D eigenvalue weighted by molar-refractivity contribution is 7.80. The molecule has 0 fully saturated rings. The van der Waals surface area contributed by atoms with Crippen LogP contribution in [0, 0.1) is 0 Å². The molecule has 0 saturated carbocycles. The van der Waals surface area contributed by atoms with Crippen molar-refractivity contribution >= 4 is 39.8 Å². The van der Waals surface area contributed by atoms with Gasteiger partial charge in [-0.05, 0) is 47.9 Å². The van der Waals surface area contributed by atoms with Gasteiger partial charge in [-0.2, -0.15) is 0 Å². The van der Waals surface area contributed by atoms with Gasteiger partial charge in [-0.15, -0.1) is 0 Å². The fourth-order valence-electron chi connectivity index (χ4n) is 2.58. The standard InChI is InChI=1S/C22H18N2O2S/c1-3-24(4-2)22(27)26-18-14-12-17(13-15-18)21(25)23-20-11-7-9-16-8-5-6-10-19(16)20/h3-15H,1-2H2,(H,23,25). The van der Waals surface area contributed by atoms with E-state index in [4.69, 9.17) is 17.0 Å². The summed E-state index contributed by atoms with van der Waals surface area (Å²) < 4.78 is 5.55. The Bertz CT molecular complexity index is 999. The van der Waals surface area contributed by atoms with Crippen LogP contribution in [0.25, 0.3) is 10.8 Å². The molecule has 0 aliphatic carbocycles. The van der Waals surface area contributed by atoms with Gasteiger partial charge in [0.2, 0.25) is 0 Å². The lowest BCUT2D eigenvalue weighted by Gasteiger charge is -2.15. The Labute approximate surface area is 163 Å². The number of rotatable bonds is 5. The number of anilines is 1. The maximum Gasteiger partial charge on any atom is 0.273 e. The zero-order valence-electron chi connectivity index (χ0n) is 14.6. The molecule has 0 atom stereocenters. The monoisotopic (exact) mass is 374 g/mol. The first-order chi connectivity index (χ1) is 13.1. The van der Waals surface area contributed by atoms with E-state index in [1.165, 1.54) is 17.3 Å². The zero-order valence-corrected chi connectivity index (χ0v) is 15.4. The summed E-state index contributed by atoms with van der Waals surface area (Å²) in [5, 5.41) is 5.22. The first-order valence-electron chi connectivity index (χ1n) is 8.27. The third-order valence-corrected chi connectivity index (χ3v) is 4.26.